The first kappa shape index (κ1) is 17.5. The number of hydrogen-bond donors (Lipinski definition) is 3. The fraction of sp³-hybridized carbons (Fsp3) is 0.263. The number of hydrogen-bond acceptors (Lipinski definition) is 3. The molecule has 0 spiro atoms. The van der Waals surface area contributed by atoms with Gasteiger partial charge < -0.3 is 15.7 Å². The summed E-state index contributed by atoms with van der Waals surface area (Å²) >= 11 is 0. The molecule has 0 aliphatic rings. The molecule has 3 N–H and O–H groups in total. The quantitative estimate of drug-likeness (QED) is 0.749. The summed E-state index contributed by atoms with van der Waals surface area (Å²) in [6, 6.07) is 11.7. The van der Waals surface area contributed by atoms with Crippen LogP contribution in [0.25, 0.3) is 0 Å². The van der Waals surface area contributed by atoms with Gasteiger partial charge in [0.25, 0.3) is 5.91 Å². The van der Waals surface area contributed by atoms with Crippen LogP contribution >= 0.6 is 0 Å². The molecule has 0 unspecified atom stereocenters. The summed E-state index contributed by atoms with van der Waals surface area (Å²) in [5.74, 6) is -0.479. The second-order valence-electron chi connectivity index (χ2n) is 6.69. The largest absolute Gasteiger partial charge is 0.506 e. The van der Waals surface area contributed by atoms with Crippen LogP contribution in [-0.4, -0.2) is 16.9 Å². The fourth-order valence-corrected chi connectivity index (χ4v) is 2.21. The Morgan fingerprint density at radius 3 is 2.12 bits per heavy atom. The topological polar surface area (TPSA) is 78.4 Å². The average Bonchev–Trinajstić information content (AvgIpc) is 2.48. The molecule has 24 heavy (non-hydrogen) atoms. The van der Waals surface area contributed by atoms with Crippen LogP contribution in [0.15, 0.2) is 42.5 Å². The predicted octanol–water partition coefficient (Wildman–Crippen LogP) is 3.90. The molecule has 0 heterocycles. The van der Waals surface area contributed by atoms with Crippen molar-refractivity contribution in [3.05, 3.63) is 53.6 Å². The van der Waals surface area contributed by atoms with E-state index < -0.39 is 0 Å². The van der Waals surface area contributed by atoms with E-state index in [4.69, 9.17) is 0 Å². The van der Waals surface area contributed by atoms with Crippen LogP contribution in [0.4, 0.5) is 11.4 Å². The molecule has 0 radical (unpaired) electrons. The lowest BCUT2D eigenvalue weighted by Crippen LogP contribution is -2.15. The van der Waals surface area contributed by atoms with Crippen molar-refractivity contribution in [1.82, 2.24) is 0 Å². The maximum absolute atomic E-state index is 12.4. The van der Waals surface area contributed by atoms with Gasteiger partial charge in [-0.05, 0) is 47.4 Å². The van der Waals surface area contributed by atoms with E-state index in [1.165, 1.54) is 6.92 Å². The molecule has 2 aromatic rings. The van der Waals surface area contributed by atoms with Crippen molar-refractivity contribution < 1.29 is 14.7 Å². The SMILES string of the molecule is CC(=O)Nc1ccc(C(=O)Nc2cc(C(C)(C)C)ccc2O)cc1. The standard InChI is InChI=1S/C19H22N2O3/c1-12(22)20-15-8-5-13(6-9-15)18(24)21-16-11-14(19(2,3)4)7-10-17(16)23/h5-11,23H,1-4H3,(H,20,22)(H,21,24). The Bertz CT molecular complexity index is 759. The highest BCUT2D eigenvalue weighted by Gasteiger charge is 2.17. The summed E-state index contributed by atoms with van der Waals surface area (Å²) in [5.41, 5.74) is 2.35. The van der Waals surface area contributed by atoms with E-state index in [1.54, 1.807) is 36.4 Å². The third kappa shape index (κ3) is 4.35. The Kier molecular flexibility index (Phi) is 4.93. The zero-order chi connectivity index (χ0) is 17.9. The van der Waals surface area contributed by atoms with Crippen molar-refractivity contribution in [2.45, 2.75) is 33.1 Å². The Balaban J connectivity index is 2.19. The second kappa shape index (κ2) is 6.74. The zero-order valence-corrected chi connectivity index (χ0v) is 14.3. The third-order valence-corrected chi connectivity index (χ3v) is 3.58. The van der Waals surface area contributed by atoms with Gasteiger partial charge in [0.05, 0.1) is 5.69 Å². The average molecular weight is 326 g/mol. The summed E-state index contributed by atoms with van der Waals surface area (Å²) in [4.78, 5) is 23.4. The fourth-order valence-electron chi connectivity index (χ4n) is 2.21. The molecular formula is C19H22N2O3. The first-order valence-corrected chi connectivity index (χ1v) is 7.69. The minimum Gasteiger partial charge on any atom is -0.506 e. The molecule has 0 bridgehead atoms. The van der Waals surface area contributed by atoms with Crippen LogP contribution in [0.1, 0.15) is 43.6 Å². The lowest BCUT2D eigenvalue weighted by molar-refractivity contribution is -0.114. The van der Waals surface area contributed by atoms with Gasteiger partial charge in [0.15, 0.2) is 0 Å². The molecular weight excluding hydrogens is 304 g/mol. The molecule has 2 aromatic carbocycles. The molecule has 0 aromatic heterocycles. The summed E-state index contributed by atoms with van der Waals surface area (Å²) in [6.45, 7) is 7.61. The highest BCUT2D eigenvalue weighted by Crippen LogP contribution is 2.31. The summed E-state index contributed by atoms with van der Waals surface area (Å²) in [5, 5.41) is 15.3. The van der Waals surface area contributed by atoms with Gasteiger partial charge in [0, 0.05) is 18.2 Å². The normalized spacial score (nSPS) is 11.0. The predicted molar refractivity (Wildman–Crippen MR) is 95.5 cm³/mol. The van der Waals surface area contributed by atoms with E-state index in [9.17, 15) is 14.7 Å². The van der Waals surface area contributed by atoms with Crippen LogP contribution < -0.4 is 10.6 Å². The molecule has 0 atom stereocenters. The van der Waals surface area contributed by atoms with Crippen LogP contribution in [0.5, 0.6) is 5.75 Å². The van der Waals surface area contributed by atoms with Gasteiger partial charge in [-0.15, -0.1) is 0 Å². The first-order chi connectivity index (χ1) is 11.2. The maximum Gasteiger partial charge on any atom is 0.255 e. The van der Waals surface area contributed by atoms with Crippen LogP contribution in [-0.2, 0) is 10.2 Å². The number of carbonyl (C=O) groups excluding carboxylic acids is 2. The number of phenols is 1. The zero-order valence-electron chi connectivity index (χ0n) is 14.3. The second-order valence-corrected chi connectivity index (χ2v) is 6.69. The van der Waals surface area contributed by atoms with Crippen LogP contribution in [0.2, 0.25) is 0 Å². The lowest BCUT2D eigenvalue weighted by atomic mass is 9.87. The molecule has 0 aliphatic heterocycles. The molecule has 0 saturated heterocycles. The van der Waals surface area contributed by atoms with E-state index in [0.29, 0.717) is 16.9 Å². The number of phenolic OH excluding ortho intramolecular Hbond substituents is 1. The van der Waals surface area contributed by atoms with Crippen molar-refractivity contribution in [2.24, 2.45) is 0 Å². The number of anilines is 2. The van der Waals surface area contributed by atoms with Crippen molar-refractivity contribution >= 4 is 23.2 Å². The smallest absolute Gasteiger partial charge is 0.255 e. The summed E-state index contributed by atoms with van der Waals surface area (Å²) in [6.07, 6.45) is 0. The van der Waals surface area contributed by atoms with E-state index in [2.05, 4.69) is 31.4 Å². The number of carbonyl (C=O) groups is 2. The van der Waals surface area contributed by atoms with Gasteiger partial charge in [-0.3, -0.25) is 9.59 Å². The van der Waals surface area contributed by atoms with E-state index >= 15 is 0 Å². The molecule has 0 saturated carbocycles. The van der Waals surface area contributed by atoms with Gasteiger partial charge in [-0.2, -0.15) is 0 Å². The Labute approximate surface area is 141 Å². The Hall–Kier alpha value is -2.82. The van der Waals surface area contributed by atoms with E-state index in [1.807, 2.05) is 6.07 Å². The van der Waals surface area contributed by atoms with E-state index in [0.717, 1.165) is 5.56 Å². The van der Waals surface area contributed by atoms with Crippen LogP contribution in [0.3, 0.4) is 0 Å². The number of amides is 2. The monoisotopic (exact) mass is 326 g/mol. The van der Waals surface area contributed by atoms with Crippen molar-refractivity contribution in [2.75, 3.05) is 10.6 Å². The number of nitrogens with one attached hydrogen (secondary N) is 2. The Morgan fingerprint density at radius 2 is 1.58 bits per heavy atom. The van der Waals surface area contributed by atoms with Crippen molar-refractivity contribution in [3.63, 3.8) is 0 Å². The third-order valence-electron chi connectivity index (χ3n) is 3.58. The molecule has 5 nitrogen and oxygen atoms in total. The number of aromatic hydroxyl groups is 1. The van der Waals surface area contributed by atoms with Crippen molar-refractivity contribution in [3.8, 4) is 5.75 Å². The van der Waals surface area contributed by atoms with Crippen molar-refractivity contribution in [1.29, 1.82) is 0 Å². The first-order valence-electron chi connectivity index (χ1n) is 7.69. The minimum atomic E-state index is -0.328. The summed E-state index contributed by atoms with van der Waals surface area (Å²) in [7, 11) is 0. The number of benzene rings is 2. The molecule has 0 fully saturated rings. The van der Waals surface area contributed by atoms with Gasteiger partial charge >= 0.3 is 0 Å². The minimum absolute atomic E-state index is 0.0196. The van der Waals surface area contributed by atoms with Gasteiger partial charge in [0.1, 0.15) is 5.75 Å². The number of rotatable bonds is 3. The van der Waals surface area contributed by atoms with Gasteiger partial charge in [-0.25, -0.2) is 0 Å². The molecule has 5 heteroatoms. The summed E-state index contributed by atoms with van der Waals surface area (Å²) < 4.78 is 0. The highest BCUT2D eigenvalue weighted by atomic mass is 16.3. The highest BCUT2D eigenvalue weighted by molar-refractivity contribution is 6.05. The molecule has 126 valence electrons. The molecule has 0 aliphatic carbocycles. The van der Waals surface area contributed by atoms with E-state index in [-0.39, 0.29) is 23.0 Å². The van der Waals surface area contributed by atoms with Crippen LogP contribution in [0, 0.1) is 0 Å². The Morgan fingerprint density at radius 1 is 0.958 bits per heavy atom. The lowest BCUT2D eigenvalue weighted by Gasteiger charge is -2.20. The van der Waals surface area contributed by atoms with Gasteiger partial charge in [-0.1, -0.05) is 26.8 Å². The maximum atomic E-state index is 12.4. The molecule has 2 amide bonds. The molecule has 2 rings (SSSR count). The van der Waals surface area contributed by atoms with Gasteiger partial charge in [0.2, 0.25) is 5.91 Å².